The summed E-state index contributed by atoms with van der Waals surface area (Å²) in [5, 5.41) is 9.56. The number of thioether (sulfide) groups is 1. The number of pyridine rings is 1. The molecule has 0 atom stereocenters. The zero-order valence-electron chi connectivity index (χ0n) is 19.2. The Morgan fingerprint density at radius 1 is 0.800 bits per heavy atom. The highest BCUT2D eigenvalue weighted by molar-refractivity contribution is 7.99. The molecule has 0 saturated heterocycles. The molecule has 1 amide bonds. The molecule has 0 bridgehead atoms. The molecule has 5 aromatic rings. The lowest BCUT2D eigenvalue weighted by Gasteiger charge is -2.23. The van der Waals surface area contributed by atoms with Crippen molar-refractivity contribution in [3.63, 3.8) is 0 Å². The number of para-hydroxylation sites is 2. The van der Waals surface area contributed by atoms with E-state index in [-0.39, 0.29) is 11.7 Å². The fourth-order valence-corrected chi connectivity index (χ4v) is 4.56. The number of carbonyl (C=O) groups is 1. The molecule has 0 saturated carbocycles. The SMILES string of the molecule is Cc1ccc(-n2c(SCC(=O)N(c3ccccc3)c3ccccc3)nnc2-c2ccncc2)cc1. The van der Waals surface area contributed by atoms with Crippen LogP contribution in [-0.2, 0) is 4.79 Å². The van der Waals surface area contributed by atoms with Gasteiger partial charge in [0.2, 0.25) is 5.91 Å². The Morgan fingerprint density at radius 3 is 2.00 bits per heavy atom. The van der Waals surface area contributed by atoms with Crippen molar-refractivity contribution in [1.82, 2.24) is 19.7 Å². The Balaban J connectivity index is 1.47. The van der Waals surface area contributed by atoms with E-state index in [0.29, 0.717) is 11.0 Å². The van der Waals surface area contributed by atoms with Gasteiger partial charge >= 0.3 is 0 Å². The molecule has 5 rings (SSSR count). The van der Waals surface area contributed by atoms with Crippen molar-refractivity contribution < 1.29 is 4.79 Å². The second-order valence-electron chi connectivity index (χ2n) is 7.90. The van der Waals surface area contributed by atoms with E-state index < -0.39 is 0 Å². The van der Waals surface area contributed by atoms with Crippen LogP contribution in [0.5, 0.6) is 0 Å². The van der Waals surface area contributed by atoms with E-state index in [2.05, 4.69) is 34.2 Å². The van der Waals surface area contributed by atoms with Crippen LogP contribution in [0.15, 0.2) is 115 Å². The van der Waals surface area contributed by atoms with Crippen LogP contribution >= 0.6 is 11.8 Å². The lowest BCUT2D eigenvalue weighted by atomic mass is 10.2. The first kappa shape index (κ1) is 22.6. The van der Waals surface area contributed by atoms with Crippen LogP contribution in [0, 0.1) is 6.92 Å². The lowest BCUT2D eigenvalue weighted by Crippen LogP contribution is -2.27. The van der Waals surface area contributed by atoms with Crippen molar-refractivity contribution in [2.75, 3.05) is 10.7 Å². The number of anilines is 2. The molecule has 0 N–H and O–H groups in total. The normalized spacial score (nSPS) is 10.8. The number of carbonyl (C=O) groups excluding carboxylic acids is 1. The molecule has 0 aliphatic carbocycles. The van der Waals surface area contributed by atoms with Crippen molar-refractivity contribution in [1.29, 1.82) is 0 Å². The Kier molecular flexibility index (Phi) is 6.68. The molecular weight excluding hydrogens is 454 g/mol. The highest BCUT2D eigenvalue weighted by Gasteiger charge is 2.21. The van der Waals surface area contributed by atoms with Gasteiger partial charge in [-0.2, -0.15) is 0 Å². The van der Waals surface area contributed by atoms with Gasteiger partial charge in [-0.25, -0.2) is 0 Å². The monoisotopic (exact) mass is 477 g/mol. The van der Waals surface area contributed by atoms with Crippen LogP contribution < -0.4 is 4.90 Å². The van der Waals surface area contributed by atoms with Crippen molar-refractivity contribution >= 4 is 29.0 Å². The summed E-state index contributed by atoms with van der Waals surface area (Å²) in [5.41, 5.74) is 4.65. The van der Waals surface area contributed by atoms with Crippen LogP contribution in [-0.4, -0.2) is 31.4 Å². The molecular formula is C28H23N5OS. The maximum absolute atomic E-state index is 13.5. The fourth-order valence-electron chi connectivity index (χ4n) is 3.76. The Morgan fingerprint density at radius 2 is 1.40 bits per heavy atom. The van der Waals surface area contributed by atoms with E-state index >= 15 is 0 Å². The average Bonchev–Trinajstić information content (AvgIpc) is 3.34. The minimum atomic E-state index is -0.0451. The van der Waals surface area contributed by atoms with Crippen LogP contribution in [0.3, 0.4) is 0 Å². The van der Waals surface area contributed by atoms with Gasteiger partial charge in [-0.1, -0.05) is 65.9 Å². The van der Waals surface area contributed by atoms with Crippen molar-refractivity contribution in [3.8, 4) is 17.1 Å². The van der Waals surface area contributed by atoms with Gasteiger partial charge in [-0.3, -0.25) is 19.2 Å². The summed E-state index contributed by atoms with van der Waals surface area (Å²) in [6, 6.07) is 31.3. The maximum atomic E-state index is 13.5. The Hall–Kier alpha value is -4.23. The molecule has 0 unspecified atom stereocenters. The number of aryl methyl sites for hydroxylation is 1. The third-order valence-corrected chi connectivity index (χ3v) is 6.38. The van der Waals surface area contributed by atoms with Gasteiger partial charge in [0.05, 0.1) is 5.75 Å². The standard InChI is InChI=1S/C28H23N5OS/c1-21-12-14-25(15-13-21)33-27(22-16-18-29-19-17-22)30-31-28(33)35-20-26(34)32(23-8-4-2-5-9-23)24-10-6-3-7-11-24/h2-19H,20H2,1H3. The van der Waals surface area contributed by atoms with Gasteiger partial charge in [0.25, 0.3) is 0 Å². The summed E-state index contributed by atoms with van der Waals surface area (Å²) in [6.07, 6.45) is 3.47. The molecule has 7 heteroatoms. The molecule has 2 heterocycles. The topological polar surface area (TPSA) is 63.9 Å². The summed E-state index contributed by atoms with van der Waals surface area (Å²) in [4.78, 5) is 19.4. The first-order chi connectivity index (χ1) is 17.2. The molecule has 0 aliphatic rings. The van der Waals surface area contributed by atoms with E-state index in [0.717, 1.165) is 28.2 Å². The molecule has 6 nitrogen and oxygen atoms in total. The molecule has 2 aromatic heterocycles. The van der Waals surface area contributed by atoms with Gasteiger partial charge in [-0.05, 0) is 55.5 Å². The number of rotatable bonds is 7. The van der Waals surface area contributed by atoms with Crippen molar-refractivity contribution in [2.45, 2.75) is 12.1 Å². The highest BCUT2D eigenvalue weighted by Crippen LogP contribution is 2.30. The van der Waals surface area contributed by atoms with Gasteiger partial charge in [0.1, 0.15) is 0 Å². The molecule has 0 radical (unpaired) electrons. The number of nitrogens with zero attached hydrogens (tertiary/aromatic N) is 5. The van der Waals surface area contributed by atoms with Crippen molar-refractivity contribution in [3.05, 3.63) is 115 Å². The van der Waals surface area contributed by atoms with Crippen molar-refractivity contribution in [2.24, 2.45) is 0 Å². The first-order valence-corrected chi connectivity index (χ1v) is 12.2. The van der Waals surface area contributed by atoms with Gasteiger partial charge in [-0.15, -0.1) is 10.2 Å². The third kappa shape index (κ3) is 5.00. The predicted octanol–water partition coefficient (Wildman–Crippen LogP) is 6.09. The summed E-state index contributed by atoms with van der Waals surface area (Å²) in [7, 11) is 0. The second kappa shape index (κ2) is 10.4. The number of aromatic nitrogens is 4. The predicted molar refractivity (Wildman–Crippen MR) is 140 cm³/mol. The third-order valence-electron chi connectivity index (χ3n) is 5.47. The number of amides is 1. The summed E-state index contributed by atoms with van der Waals surface area (Å²) >= 11 is 1.37. The number of benzene rings is 3. The minimum absolute atomic E-state index is 0.0451. The second-order valence-corrected chi connectivity index (χ2v) is 8.84. The van der Waals surface area contributed by atoms with E-state index in [4.69, 9.17) is 0 Å². The van der Waals surface area contributed by atoms with Crippen LogP contribution in [0.4, 0.5) is 11.4 Å². The maximum Gasteiger partial charge on any atom is 0.242 e. The van der Waals surface area contributed by atoms with Gasteiger partial charge in [0, 0.05) is 35.0 Å². The molecule has 172 valence electrons. The lowest BCUT2D eigenvalue weighted by molar-refractivity contribution is -0.115. The number of hydrogen-bond acceptors (Lipinski definition) is 5. The average molecular weight is 478 g/mol. The summed E-state index contributed by atoms with van der Waals surface area (Å²) in [6.45, 7) is 2.05. The van der Waals surface area contributed by atoms with E-state index in [1.54, 1.807) is 17.3 Å². The van der Waals surface area contributed by atoms with Crippen LogP contribution in [0.1, 0.15) is 5.56 Å². The quantitative estimate of drug-likeness (QED) is 0.265. The minimum Gasteiger partial charge on any atom is -0.280 e. The highest BCUT2D eigenvalue weighted by atomic mass is 32.2. The zero-order valence-corrected chi connectivity index (χ0v) is 20.0. The Labute approximate surface area is 208 Å². The molecule has 3 aromatic carbocycles. The largest absolute Gasteiger partial charge is 0.280 e. The van der Waals surface area contributed by atoms with E-state index in [1.165, 1.54) is 11.8 Å². The van der Waals surface area contributed by atoms with Crippen LogP contribution in [0.2, 0.25) is 0 Å². The molecule has 0 aliphatic heterocycles. The van der Waals surface area contributed by atoms with Gasteiger partial charge in [0.15, 0.2) is 11.0 Å². The van der Waals surface area contributed by atoms with Crippen LogP contribution in [0.25, 0.3) is 17.1 Å². The summed E-state index contributed by atoms with van der Waals surface area (Å²) in [5.74, 6) is 0.856. The number of hydrogen-bond donors (Lipinski definition) is 0. The smallest absolute Gasteiger partial charge is 0.242 e. The van der Waals surface area contributed by atoms with Gasteiger partial charge < -0.3 is 0 Å². The zero-order chi connectivity index (χ0) is 24.0. The van der Waals surface area contributed by atoms with E-state index in [1.807, 2.05) is 89.5 Å². The fraction of sp³-hybridized carbons (Fsp3) is 0.0714. The summed E-state index contributed by atoms with van der Waals surface area (Å²) < 4.78 is 1.99. The van der Waals surface area contributed by atoms with E-state index in [9.17, 15) is 4.79 Å². The molecule has 0 spiro atoms. The molecule has 35 heavy (non-hydrogen) atoms. The molecule has 0 fully saturated rings. The Bertz CT molecular complexity index is 1370. The first-order valence-electron chi connectivity index (χ1n) is 11.2.